The minimum Gasteiger partial charge on any atom is -0.478 e. The molecule has 0 fully saturated rings. The molecule has 1 unspecified atom stereocenters. The van der Waals surface area contributed by atoms with E-state index in [1.807, 2.05) is 6.92 Å². The second kappa shape index (κ2) is 7.47. The van der Waals surface area contributed by atoms with Crippen LogP contribution in [0.2, 0.25) is 0 Å². The summed E-state index contributed by atoms with van der Waals surface area (Å²) in [5, 5.41) is 8.74. The van der Waals surface area contributed by atoms with Crippen molar-refractivity contribution in [2.75, 3.05) is 6.61 Å². The number of benzene rings is 1. The topological polar surface area (TPSA) is 72.8 Å². The molecule has 1 aromatic rings. The van der Waals surface area contributed by atoms with E-state index in [4.69, 9.17) is 14.6 Å². The van der Waals surface area contributed by atoms with Gasteiger partial charge in [0, 0.05) is 0 Å². The molecule has 0 saturated heterocycles. The van der Waals surface area contributed by atoms with Gasteiger partial charge in [-0.2, -0.15) is 0 Å². The number of carbonyl (C=O) groups excluding carboxylic acids is 1. The molecule has 1 rings (SSSR count). The Morgan fingerprint density at radius 2 is 2.05 bits per heavy atom. The van der Waals surface area contributed by atoms with Crippen molar-refractivity contribution in [3.05, 3.63) is 29.6 Å². The van der Waals surface area contributed by atoms with Gasteiger partial charge in [0.2, 0.25) is 0 Å². The van der Waals surface area contributed by atoms with Gasteiger partial charge in [0.1, 0.15) is 0 Å². The van der Waals surface area contributed by atoms with Crippen LogP contribution in [-0.4, -0.2) is 29.8 Å². The fourth-order valence-electron chi connectivity index (χ4n) is 1.60. The number of hydrogen-bond donors (Lipinski definition) is 1. The number of rotatable bonds is 7. The average Bonchev–Trinajstić information content (AvgIpc) is 2.40. The Morgan fingerprint density at radius 1 is 1.35 bits per heavy atom. The van der Waals surface area contributed by atoms with Crippen molar-refractivity contribution in [2.45, 2.75) is 32.8 Å². The first-order chi connectivity index (χ1) is 9.49. The van der Waals surface area contributed by atoms with Crippen LogP contribution in [0.25, 0.3) is 0 Å². The molecule has 0 heterocycles. The number of carboxylic acids is 1. The first-order valence-corrected chi connectivity index (χ1v) is 6.35. The van der Waals surface area contributed by atoms with Gasteiger partial charge in [-0.3, -0.25) is 0 Å². The zero-order valence-electron chi connectivity index (χ0n) is 11.4. The molecule has 6 heteroatoms. The smallest absolute Gasteiger partial charge is 0.347 e. The van der Waals surface area contributed by atoms with Gasteiger partial charge in [0.15, 0.2) is 17.7 Å². The summed E-state index contributed by atoms with van der Waals surface area (Å²) in [4.78, 5) is 22.4. The van der Waals surface area contributed by atoms with Gasteiger partial charge in [-0.1, -0.05) is 13.3 Å². The van der Waals surface area contributed by atoms with E-state index in [0.717, 1.165) is 6.07 Å². The summed E-state index contributed by atoms with van der Waals surface area (Å²) in [6.07, 6.45) is 0.155. The van der Waals surface area contributed by atoms with Gasteiger partial charge in [-0.15, -0.1) is 0 Å². The van der Waals surface area contributed by atoms with Crippen LogP contribution in [0.5, 0.6) is 5.75 Å². The van der Waals surface area contributed by atoms with Crippen LogP contribution in [0.1, 0.15) is 37.0 Å². The third-order valence-corrected chi connectivity index (χ3v) is 2.55. The lowest BCUT2D eigenvalue weighted by Crippen LogP contribution is -2.29. The standard InChI is InChI=1S/C14H17FO5/c1-3-5-12(14(18)19-4-2)20-11-7-6-9(13(16)17)8-10(11)15/h6-8,12H,3-5H2,1-2H3,(H,16,17). The lowest BCUT2D eigenvalue weighted by atomic mass is 10.2. The zero-order valence-corrected chi connectivity index (χ0v) is 11.4. The largest absolute Gasteiger partial charge is 0.478 e. The van der Waals surface area contributed by atoms with Crippen LogP contribution in [0, 0.1) is 5.82 Å². The highest BCUT2D eigenvalue weighted by atomic mass is 19.1. The summed E-state index contributed by atoms with van der Waals surface area (Å²) >= 11 is 0. The molecule has 0 spiro atoms. The molecule has 0 bridgehead atoms. The number of esters is 1. The number of hydrogen-bond acceptors (Lipinski definition) is 4. The number of carbonyl (C=O) groups is 2. The predicted octanol–water partition coefficient (Wildman–Crippen LogP) is 2.63. The van der Waals surface area contributed by atoms with Crippen molar-refractivity contribution in [1.29, 1.82) is 0 Å². The minimum absolute atomic E-state index is 0.165. The lowest BCUT2D eigenvalue weighted by molar-refractivity contribution is -0.151. The van der Waals surface area contributed by atoms with Gasteiger partial charge >= 0.3 is 11.9 Å². The average molecular weight is 284 g/mol. The van der Waals surface area contributed by atoms with Crippen LogP contribution >= 0.6 is 0 Å². The van der Waals surface area contributed by atoms with Crippen LogP contribution in [0.4, 0.5) is 4.39 Å². The first-order valence-electron chi connectivity index (χ1n) is 6.35. The Labute approximate surface area is 116 Å². The Bertz CT molecular complexity index is 486. The maximum absolute atomic E-state index is 13.7. The van der Waals surface area contributed by atoms with Crippen molar-refractivity contribution in [2.24, 2.45) is 0 Å². The Kier molecular flexibility index (Phi) is 5.96. The molecular formula is C14H17FO5. The van der Waals surface area contributed by atoms with Crippen molar-refractivity contribution in [1.82, 2.24) is 0 Å². The van der Waals surface area contributed by atoms with E-state index in [0.29, 0.717) is 12.8 Å². The monoisotopic (exact) mass is 284 g/mol. The molecule has 1 aromatic carbocycles. The molecule has 0 aliphatic heterocycles. The van der Waals surface area contributed by atoms with Crippen LogP contribution in [0.3, 0.4) is 0 Å². The van der Waals surface area contributed by atoms with Crippen molar-refractivity contribution >= 4 is 11.9 Å². The summed E-state index contributed by atoms with van der Waals surface area (Å²) in [5.41, 5.74) is -0.182. The van der Waals surface area contributed by atoms with Crippen molar-refractivity contribution in [3.8, 4) is 5.75 Å². The maximum atomic E-state index is 13.7. The Hall–Kier alpha value is -2.11. The fourth-order valence-corrected chi connectivity index (χ4v) is 1.60. The van der Waals surface area contributed by atoms with Crippen LogP contribution in [0.15, 0.2) is 18.2 Å². The minimum atomic E-state index is -1.23. The SMILES string of the molecule is CCCC(Oc1ccc(C(=O)O)cc1F)C(=O)OCC. The molecule has 0 amide bonds. The van der Waals surface area contributed by atoms with E-state index in [1.165, 1.54) is 12.1 Å². The van der Waals surface area contributed by atoms with E-state index in [1.54, 1.807) is 6.92 Å². The van der Waals surface area contributed by atoms with Gasteiger partial charge in [0.25, 0.3) is 0 Å². The van der Waals surface area contributed by atoms with Gasteiger partial charge in [-0.05, 0) is 31.5 Å². The Balaban J connectivity index is 2.88. The summed E-state index contributed by atoms with van der Waals surface area (Å²) < 4.78 is 23.9. The molecule has 1 atom stereocenters. The normalized spacial score (nSPS) is 11.8. The van der Waals surface area contributed by atoms with E-state index in [-0.39, 0.29) is 17.9 Å². The van der Waals surface area contributed by atoms with Gasteiger partial charge < -0.3 is 14.6 Å². The summed E-state index contributed by atoms with van der Waals surface area (Å²) in [7, 11) is 0. The number of aromatic carboxylic acids is 1. The lowest BCUT2D eigenvalue weighted by Gasteiger charge is -2.17. The predicted molar refractivity (Wildman–Crippen MR) is 69.3 cm³/mol. The van der Waals surface area contributed by atoms with Crippen LogP contribution in [-0.2, 0) is 9.53 Å². The van der Waals surface area contributed by atoms with E-state index in [2.05, 4.69) is 0 Å². The number of carboxylic acid groups (broad SMARTS) is 1. The van der Waals surface area contributed by atoms with Gasteiger partial charge in [0.05, 0.1) is 12.2 Å². The first kappa shape index (κ1) is 15.9. The molecule has 0 radical (unpaired) electrons. The zero-order chi connectivity index (χ0) is 15.1. The quantitative estimate of drug-likeness (QED) is 0.779. The molecule has 0 aliphatic rings. The summed E-state index contributed by atoms with van der Waals surface area (Å²) in [5.74, 6) is -2.78. The van der Waals surface area contributed by atoms with Gasteiger partial charge in [-0.25, -0.2) is 14.0 Å². The third kappa shape index (κ3) is 4.22. The highest BCUT2D eigenvalue weighted by Gasteiger charge is 2.22. The second-order valence-electron chi connectivity index (χ2n) is 4.10. The van der Waals surface area contributed by atoms with E-state index >= 15 is 0 Å². The number of halogens is 1. The molecular weight excluding hydrogens is 267 g/mol. The van der Waals surface area contributed by atoms with Crippen molar-refractivity contribution in [3.63, 3.8) is 0 Å². The Morgan fingerprint density at radius 3 is 2.55 bits per heavy atom. The molecule has 1 N–H and O–H groups in total. The van der Waals surface area contributed by atoms with Crippen LogP contribution < -0.4 is 4.74 Å². The van der Waals surface area contributed by atoms with E-state index < -0.39 is 23.9 Å². The summed E-state index contributed by atoms with van der Waals surface area (Å²) in [6.45, 7) is 3.74. The highest BCUT2D eigenvalue weighted by molar-refractivity contribution is 5.87. The molecule has 5 nitrogen and oxygen atoms in total. The third-order valence-electron chi connectivity index (χ3n) is 2.55. The molecule has 20 heavy (non-hydrogen) atoms. The molecule has 110 valence electrons. The molecule has 0 aliphatic carbocycles. The second-order valence-corrected chi connectivity index (χ2v) is 4.10. The number of ether oxygens (including phenoxy) is 2. The fraction of sp³-hybridized carbons (Fsp3) is 0.429. The molecule has 0 aromatic heterocycles. The highest BCUT2D eigenvalue weighted by Crippen LogP contribution is 2.21. The van der Waals surface area contributed by atoms with E-state index in [9.17, 15) is 14.0 Å². The van der Waals surface area contributed by atoms with Crippen molar-refractivity contribution < 1.29 is 28.6 Å². The maximum Gasteiger partial charge on any atom is 0.347 e. The molecule has 0 saturated carbocycles. The summed E-state index contributed by atoms with van der Waals surface area (Å²) in [6, 6.07) is 3.27.